The summed E-state index contributed by atoms with van der Waals surface area (Å²) in [5, 5.41) is 26.6. The highest BCUT2D eigenvalue weighted by molar-refractivity contribution is 7.97. The molecule has 0 saturated carbocycles. The lowest BCUT2D eigenvalue weighted by atomic mass is 10.5. The smallest absolute Gasteiger partial charge is 0.324 e. The lowest BCUT2D eigenvalue weighted by Crippen LogP contribution is -2.14. The van der Waals surface area contributed by atoms with Crippen molar-refractivity contribution in [2.24, 2.45) is 0 Å². The Bertz CT molecular complexity index is 572. The molecule has 3 N–H and O–H groups in total. The fourth-order valence-electron chi connectivity index (χ4n) is 2.57. The minimum Gasteiger partial charge on any atom is -0.463 e. The summed E-state index contributed by atoms with van der Waals surface area (Å²) in [4.78, 5) is 11.9. The Kier molecular flexibility index (Phi) is 15.3. The van der Waals surface area contributed by atoms with Crippen molar-refractivity contribution in [2.45, 2.75) is 19.3 Å². The zero-order chi connectivity index (χ0) is 22.1. The molecule has 10 nitrogen and oxygen atoms in total. The SMILES string of the molecule is [B-][P+](CCCO)(CCCO)CCCOc1nc(Cl)nc(OCCOCCOCO)n1. The molecule has 30 heavy (non-hydrogen) atoms. The number of nitrogens with zero attached hydrogens (tertiary/aromatic N) is 3. The Morgan fingerprint density at radius 3 is 1.87 bits per heavy atom. The molecule has 0 atom stereocenters. The lowest BCUT2D eigenvalue weighted by molar-refractivity contribution is -0.0320. The second kappa shape index (κ2) is 16.8. The Morgan fingerprint density at radius 2 is 1.27 bits per heavy atom. The number of aliphatic hydroxyl groups excluding tert-OH is 3. The molecular formula is C17H31BClN3O7P. The molecule has 1 heterocycles. The molecule has 1 aromatic heterocycles. The molecule has 171 valence electrons. The van der Waals surface area contributed by atoms with E-state index in [1.807, 2.05) is 0 Å². The molecule has 0 unspecified atom stereocenters. The molecule has 0 amide bonds. The first-order valence-corrected chi connectivity index (χ1v) is 12.6. The largest absolute Gasteiger partial charge is 0.463 e. The fraction of sp³-hybridized carbons (Fsp3) is 0.824. The third-order valence-corrected chi connectivity index (χ3v) is 7.78. The van der Waals surface area contributed by atoms with Crippen LogP contribution in [0.15, 0.2) is 0 Å². The van der Waals surface area contributed by atoms with Crippen molar-refractivity contribution in [2.75, 3.05) is 71.5 Å². The van der Waals surface area contributed by atoms with Crippen molar-refractivity contribution in [3.8, 4) is 12.0 Å². The van der Waals surface area contributed by atoms with Crippen LogP contribution in [0.25, 0.3) is 0 Å². The summed E-state index contributed by atoms with van der Waals surface area (Å²) in [6.07, 6.45) is 4.38. The number of hydrogen-bond acceptors (Lipinski definition) is 10. The van der Waals surface area contributed by atoms with Gasteiger partial charge in [0.05, 0.1) is 26.4 Å². The van der Waals surface area contributed by atoms with Gasteiger partial charge in [-0.2, -0.15) is 9.97 Å². The second-order valence-electron chi connectivity index (χ2n) is 6.41. The molecule has 0 aromatic carbocycles. The van der Waals surface area contributed by atoms with E-state index in [9.17, 15) is 0 Å². The van der Waals surface area contributed by atoms with E-state index in [2.05, 4.69) is 15.0 Å². The summed E-state index contributed by atoms with van der Waals surface area (Å²) in [5.41, 5.74) is 0. The predicted octanol–water partition coefficient (Wildman–Crippen LogP) is 0.522. The maximum Gasteiger partial charge on any atom is 0.324 e. The van der Waals surface area contributed by atoms with Gasteiger partial charge in [0.1, 0.15) is 13.4 Å². The first-order chi connectivity index (χ1) is 14.5. The monoisotopic (exact) mass is 466 g/mol. The minimum atomic E-state index is -1.71. The number of halogens is 1. The first-order valence-electron chi connectivity index (χ1n) is 9.83. The van der Waals surface area contributed by atoms with Crippen LogP contribution in [0.1, 0.15) is 19.3 Å². The van der Waals surface area contributed by atoms with E-state index >= 15 is 0 Å². The Morgan fingerprint density at radius 1 is 0.733 bits per heavy atom. The van der Waals surface area contributed by atoms with Crippen molar-refractivity contribution >= 4 is 26.3 Å². The van der Waals surface area contributed by atoms with E-state index in [4.69, 9.17) is 53.4 Å². The predicted molar refractivity (Wildman–Crippen MR) is 115 cm³/mol. The van der Waals surface area contributed by atoms with Crippen molar-refractivity contribution in [1.82, 2.24) is 15.0 Å². The maximum absolute atomic E-state index is 9.07. The summed E-state index contributed by atoms with van der Waals surface area (Å²) in [5.74, 6) is 0. The molecule has 0 saturated heterocycles. The molecule has 3 radical (unpaired) electrons. The molecular weight excluding hydrogens is 435 g/mol. The molecule has 0 spiro atoms. The van der Waals surface area contributed by atoms with Gasteiger partial charge in [-0.15, -0.1) is 4.98 Å². The molecule has 0 aliphatic heterocycles. The lowest BCUT2D eigenvalue weighted by Gasteiger charge is -2.37. The highest BCUT2D eigenvalue weighted by Gasteiger charge is 2.17. The Balaban J connectivity index is 2.38. The van der Waals surface area contributed by atoms with Gasteiger partial charge in [0.25, 0.3) is 0 Å². The standard InChI is InChI=1S/C17H31BClN3O7P/c18-30(11-1-4-23,12-2-5-24)13-3-6-28-16-20-15(19)21-17(22-16)29-10-9-26-7-8-27-14-25/h23-25H,1-14H2. The van der Waals surface area contributed by atoms with Gasteiger partial charge in [-0.05, 0) is 24.4 Å². The number of aliphatic hydroxyl groups is 3. The first kappa shape index (κ1) is 27.2. The van der Waals surface area contributed by atoms with Gasteiger partial charge >= 0.3 is 12.0 Å². The van der Waals surface area contributed by atoms with E-state index in [1.165, 1.54) is 0 Å². The van der Waals surface area contributed by atoms with Gasteiger partial charge in [0.15, 0.2) is 0 Å². The van der Waals surface area contributed by atoms with E-state index in [1.54, 1.807) is 0 Å². The van der Waals surface area contributed by atoms with Gasteiger partial charge in [0, 0.05) is 38.1 Å². The number of aromatic nitrogens is 3. The average Bonchev–Trinajstić information content (AvgIpc) is 2.73. The Hall–Kier alpha value is -0.805. The van der Waals surface area contributed by atoms with Crippen molar-refractivity contribution in [3.63, 3.8) is 0 Å². The van der Waals surface area contributed by atoms with Crippen molar-refractivity contribution in [1.29, 1.82) is 0 Å². The fourth-order valence-corrected chi connectivity index (χ4v) is 5.69. The van der Waals surface area contributed by atoms with E-state index in [0.717, 1.165) is 18.5 Å². The summed E-state index contributed by atoms with van der Waals surface area (Å²) in [6, 6.07) is 0.0979. The van der Waals surface area contributed by atoms with Gasteiger partial charge in [0.2, 0.25) is 5.28 Å². The van der Waals surface area contributed by atoms with Crippen LogP contribution in [0.2, 0.25) is 5.28 Å². The molecule has 0 aliphatic carbocycles. The van der Waals surface area contributed by atoms with E-state index < -0.39 is 7.14 Å². The summed E-state index contributed by atoms with van der Waals surface area (Å²) in [7, 11) is 4.81. The van der Waals surface area contributed by atoms with Crippen LogP contribution in [-0.2, 0) is 9.47 Å². The van der Waals surface area contributed by atoms with Crippen molar-refractivity contribution in [3.05, 3.63) is 5.28 Å². The minimum absolute atomic E-state index is 0.0340. The zero-order valence-corrected chi connectivity index (χ0v) is 18.8. The van der Waals surface area contributed by atoms with Crippen LogP contribution < -0.4 is 9.47 Å². The molecule has 0 aliphatic rings. The summed E-state index contributed by atoms with van der Waals surface area (Å²) < 4.78 is 20.9. The van der Waals surface area contributed by atoms with Crippen LogP contribution in [0.5, 0.6) is 12.0 Å². The zero-order valence-electron chi connectivity index (χ0n) is 17.1. The quantitative estimate of drug-likeness (QED) is 0.115. The third kappa shape index (κ3) is 12.8. The van der Waals surface area contributed by atoms with E-state index in [0.29, 0.717) is 39.1 Å². The van der Waals surface area contributed by atoms with Gasteiger partial charge < -0.3 is 41.8 Å². The van der Waals surface area contributed by atoms with Crippen LogP contribution in [0.3, 0.4) is 0 Å². The number of hydrogen-bond donors (Lipinski definition) is 3. The highest BCUT2D eigenvalue weighted by atomic mass is 35.5. The molecule has 13 heteroatoms. The van der Waals surface area contributed by atoms with Crippen LogP contribution >= 0.6 is 18.7 Å². The third-order valence-electron chi connectivity index (χ3n) is 3.99. The van der Waals surface area contributed by atoms with Crippen LogP contribution in [0, 0.1) is 0 Å². The molecule has 1 aromatic rings. The summed E-state index contributed by atoms with van der Waals surface area (Å²) >= 11 is 5.89. The highest BCUT2D eigenvalue weighted by Crippen LogP contribution is 2.55. The topological polar surface area (TPSA) is 136 Å². The second-order valence-corrected chi connectivity index (χ2v) is 10.5. The van der Waals surface area contributed by atoms with Gasteiger partial charge in [-0.3, -0.25) is 0 Å². The molecule has 0 bridgehead atoms. The molecule has 1 rings (SSSR count). The van der Waals surface area contributed by atoms with Crippen LogP contribution in [0.4, 0.5) is 0 Å². The average molecular weight is 467 g/mol. The Labute approximate surface area is 184 Å². The molecule has 0 fully saturated rings. The normalized spacial score (nSPS) is 11.6. The van der Waals surface area contributed by atoms with Crippen molar-refractivity contribution < 1.29 is 34.3 Å². The number of ether oxygens (including phenoxy) is 4. The van der Waals surface area contributed by atoms with Crippen LogP contribution in [-0.4, -0.2) is 109 Å². The maximum atomic E-state index is 9.07. The summed E-state index contributed by atoms with van der Waals surface area (Å²) in [6.45, 7) is 1.35. The number of rotatable bonds is 19. The van der Waals surface area contributed by atoms with Gasteiger partial charge in [-0.1, -0.05) is 0 Å². The van der Waals surface area contributed by atoms with E-state index in [-0.39, 0.29) is 50.5 Å². The van der Waals surface area contributed by atoms with Gasteiger partial charge in [-0.25, -0.2) is 7.14 Å².